The lowest BCUT2D eigenvalue weighted by Crippen LogP contribution is -2.10. The fraction of sp³-hybridized carbons (Fsp3) is 0.211. The van der Waals surface area contributed by atoms with Gasteiger partial charge in [0, 0.05) is 15.8 Å². The summed E-state index contributed by atoms with van der Waals surface area (Å²) in [5, 5.41) is 14.4. The topological polar surface area (TPSA) is 62.7 Å². The Kier molecular flexibility index (Phi) is 4.99. The Morgan fingerprint density at radius 2 is 1.44 bits per heavy atom. The van der Waals surface area contributed by atoms with Crippen LogP contribution in [-0.2, 0) is 5.41 Å². The first-order valence-corrected chi connectivity index (χ1v) is 8.79. The van der Waals surface area contributed by atoms with Crippen LogP contribution in [0.1, 0.15) is 26.3 Å². The van der Waals surface area contributed by atoms with Crippen LogP contribution in [-0.4, -0.2) is 15.2 Å². The van der Waals surface area contributed by atoms with Crippen LogP contribution in [0.5, 0.6) is 0 Å². The molecule has 0 spiro atoms. The molecule has 3 aromatic rings. The summed E-state index contributed by atoms with van der Waals surface area (Å²) in [6.45, 7) is 6.59. The van der Waals surface area contributed by atoms with Crippen LogP contribution in [0.4, 0.5) is 23.1 Å². The number of benzene rings is 2. The molecule has 5 nitrogen and oxygen atoms in total. The van der Waals surface area contributed by atoms with Gasteiger partial charge in [0.15, 0.2) is 5.82 Å². The van der Waals surface area contributed by atoms with Crippen molar-refractivity contribution in [2.75, 3.05) is 10.6 Å². The van der Waals surface area contributed by atoms with E-state index in [1.807, 2.05) is 36.4 Å². The molecule has 25 heavy (non-hydrogen) atoms. The van der Waals surface area contributed by atoms with E-state index in [-0.39, 0.29) is 5.41 Å². The van der Waals surface area contributed by atoms with Gasteiger partial charge in [-0.25, -0.2) is 0 Å². The molecule has 0 fully saturated rings. The van der Waals surface area contributed by atoms with E-state index in [4.69, 9.17) is 0 Å². The molecule has 0 radical (unpaired) electrons. The van der Waals surface area contributed by atoms with Crippen LogP contribution >= 0.6 is 15.9 Å². The molecule has 0 aliphatic rings. The Morgan fingerprint density at radius 3 is 2.08 bits per heavy atom. The minimum atomic E-state index is 0.136. The van der Waals surface area contributed by atoms with E-state index in [1.54, 1.807) is 6.20 Å². The van der Waals surface area contributed by atoms with Crippen molar-refractivity contribution in [3.63, 3.8) is 0 Å². The van der Waals surface area contributed by atoms with Crippen molar-refractivity contribution in [1.82, 2.24) is 15.2 Å². The molecule has 0 aliphatic heterocycles. The minimum absolute atomic E-state index is 0.136. The van der Waals surface area contributed by atoms with Crippen molar-refractivity contribution in [2.45, 2.75) is 26.2 Å². The number of aromatic nitrogens is 3. The molecule has 1 heterocycles. The van der Waals surface area contributed by atoms with Crippen LogP contribution in [0.2, 0.25) is 0 Å². The number of halogens is 1. The monoisotopic (exact) mass is 397 g/mol. The average Bonchev–Trinajstić information content (AvgIpc) is 2.57. The third-order valence-corrected chi connectivity index (χ3v) is 4.21. The number of rotatable bonds is 4. The van der Waals surface area contributed by atoms with Crippen molar-refractivity contribution in [2.24, 2.45) is 0 Å². The first-order valence-electron chi connectivity index (χ1n) is 8.00. The van der Waals surface area contributed by atoms with Crippen LogP contribution in [0.25, 0.3) is 0 Å². The first-order chi connectivity index (χ1) is 11.9. The van der Waals surface area contributed by atoms with Crippen LogP contribution in [0, 0.1) is 0 Å². The highest BCUT2D eigenvalue weighted by Crippen LogP contribution is 2.24. The lowest BCUT2D eigenvalue weighted by molar-refractivity contribution is 0.590. The molecule has 0 saturated carbocycles. The summed E-state index contributed by atoms with van der Waals surface area (Å²) in [4.78, 5) is 4.45. The SMILES string of the molecule is CC(C)(C)c1ccc(Nc2cnnc(Nc3ccc(Br)cc3)n2)cc1. The van der Waals surface area contributed by atoms with E-state index in [0.717, 1.165) is 15.8 Å². The lowest BCUT2D eigenvalue weighted by Gasteiger charge is -2.19. The zero-order valence-electron chi connectivity index (χ0n) is 14.4. The zero-order chi connectivity index (χ0) is 17.9. The molecular formula is C19H20BrN5. The quantitative estimate of drug-likeness (QED) is 0.615. The number of nitrogens with one attached hydrogen (secondary N) is 2. The van der Waals surface area contributed by atoms with Crippen molar-refractivity contribution in [3.8, 4) is 0 Å². The number of nitrogens with zero attached hydrogens (tertiary/aromatic N) is 3. The minimum Gasteiger partial charge on any atom is -0.339 e. The molecule has 1 aromatic heterocycles. The molecule has 0 atom stereocenters. The highest BCUT2D eigenvalue weighted by molar-refractivity contribution is 9.10. The van der Waals surface area contributed by atoms with Gasteiger partial charge >= 0.3 is 0 Å². The fourth-order valence-corrected chi connectivity index (χ4v) is 2.54. The standard InChI is InChI=1S/C19H20BrN5/c1-19(2,3)13-4-8-15(9-5-13)22-17-12-21-25-18(24-17)23-16-10-6-14(20)7-11-16/h4-12H,1-3H3,(H2,22,23,24,25). The fourth-order valence-electron chi connectivity index (χ4n) is 2.28. The predicted octanol–water partition coefficient (Wildman–Crippen LogP) is 5.42. The van der Waals surface area contributed by atoms with E-state index in [0.29, 0.717) is 11.8 Å². The van der Waals surface area contributed by atoms with Gasteiger partial charge in [-0.15, -0.1) is 5.10 Å². The van der Waals surface area contributed by atoms with Gasteiger partial charge in [0.05, 0.1) is 6.20 Å². The van der Waals surface area contributed by atoms with Crippen LogP contribution < -0.4 is 10.6 Å². The Bertz CT molecular complexity index is 839. The Labute approximate surface area is 156 Å². The molecule has 0 unspecified atom stereocenters. The molecule has 2 N–H and O–H groups in total. The molecule has 0 bridgehead atoms. The van der Waals surface area contributed by atoms with Crippen LogP contribution in [0.3, 0.4) is 0 Å². The maximum atomic E-state index is 4.45. The van der Waals surface area contributed by atoms with Crippen molar-refractivity contribution in [1.29, 1.82) is 0 Å². The number of hydrogen-bond donors (Lipinski definition) is 2. The summed E-state index contributed by atoms with van der Waals surface area (Å²) in [7, 11) is 0. The summed E-state index contributed by atoms with van der Waals surface area (Å²) in [6, 6.07) is 16.1. The molecule has 3 rings (SSSR count). The molecule has 6 heteroatoms. The van der Waals surface area contributed by atoms with E-state index in [1.165, 1.54) is 5.56 Å². The van der Waals surface area contributed by atoms with Crippen molar-refractivity contribution >= 4 is 39.1 Å². The van der Waals surface area contributed by atoms with Crippen LogP contribution in [0.15, 0.2) is 59.2 Å². The highest BCUT2D eigenvalue weighted by atomic mass is 79.9. The molecule has 128 valence electrons. The summed E-state index contributed by atoms with van der Waals surface area (Å²) in [6.07, 6.45) is 1.60. The van der Waals surface area contributed by atoms with Crippen molar-refractivity contribution in [3.05, 3.63) is 64.8 Å². The van der Waals surface area contributed by atoms with Gasteiger partial charge in [0.25, 0.3) is 0 Å². The van der Waals surface area contributed by atoms with Gasteiger partial charge < -0.3 is 10.6 Å². The zero-order valence-corrected chi connectivity index (χ0v) is 16.0. The van der Waals surface area contributed by atoms with E-state index in [2.05, 4.69) is 74.6 Å². The predicted molar refractivity (Wildman–Crippen MR) is 106 cm³/mol. The Balaban J connectivity index is 1.72. The summed E-state index contributed by atoms with van der Waals surface area (Å²) < 4.78 is 1.02. The highest BCUT2D eigenvalue weighted by Gasteiger charge is 2.12. The van der Waals surface area contributed by atoms with Gasteiger partial charge in [-0.05, 0) is 47.4 Å². The molecule has 2 aromatic carbocycles. The van der Waals surface area contributed by atoms with E-state index >= 15 is 0 Å². The van der Waals surface area contributed by atoms with Gasteiger partial charge in [0.1, 0.15) is 0 Å². The van der Waals surface area contributed by atoms with Crippen molar-refractivity contribution < 1.29 is 0 Å². The largest absolute Gasteiger partial charge is 0.339 e. The number of anilines is 4. The molecule has 0 aliphatic carbocycles. The Morgan fingerprint density at radius 1 is 0.840 bits per heavy atom. The smallest absolute Gasteiger partial charge is 0.249 e. The average molecular weight is 398 g/mol. The molecular weight excluding hydrogens is 378 g/mol. The van der Waals surface area contributed by atoms with E-state index < -0.39 is 0 Å². The van der Waals surface area contributed by atoms with Gasteiger partial charge in [-0.3, -0.25) is 0 Å². The molecule has 0 saturated heterocycles. The lowest BCUT2D eigenvalue weighted by atomic mass is 9.87. The molecule has 0 amide bonds. The third kappa shape index (κ3) is 4.76. The maximum absolute atomic E-state index is 4.45. The van der Waals surface area contributed by atoms with Gasteiger partial charge in [-0.2, -0.15) is 10.1 Å². The van der Waals surface area contributed by atoms with E-state index in [9.17, 15) is 0 Å². The number of hydrogen-bond acceptors (Lipinski definition) is 5. The summed E-state index contributed by atoms with van der Waals surface area (Å²) >= 11 is 3.42. The second kappa shape index (κ2) is 7.19. The summed E-state index contributed by atoms with van der Waals surface area (Å²) in [5.74, 6) is 1.08. The maximum Gasteiger partial charge on any atom is 0.249 e. The van der Waals surface area contributed by atoms with Gasteiger partial charge in [-0.1, -0.05) is 48.8 Å². The third-order valence-electron chi connectivity index (χ3n) is 3.68. The first kappa shape index (κ1) is 17.4. The summed E-state index contributed by atoms with van der Waals surface area (Å²) in [5.41, 5.74) is 3.28. The second-order valence-corrected chi connectivity index (χ2v) is 7.67. The second-order valence-electron chi connectivity index (χ2n) is 6.75. The van der Waals surface area contributed by atoms with Gasteiger partial charge in [0.2, 0.25) is 5.95 Å². The Hall–Kier alpha value is -2.47. The normalized spacial score (nSPS) is 11.2.